The predicted octanol–water partition coefficient (Wildman–Crippen LogP) is 4.31. The number of hydrogen-bond donors (Lipinski definition) is 2. The minimum absolute atomic E-state index is 0.285. The van der Waals surface area contributed by atoms with Crippen LogP contribution in [0.15, 0.2) is 48.4 Å². The van der Waals surface area contributed by atoms with Gasteiger partial charge in [-0.25, -0.2) is 19.7 Å². The summed E-state index contributed by atoms with van der Waals surface area (Å²) in [5, 5.41) is 4.17. The highest BCUT2D eigenvalue weighted by Gasteiger charge is 2.22. The summed E-state index contributed by atoms with van der Waals surface area (Å²) in [6.07, 6.45) is 5.72. The maximum absolute atomic E-state index is 14.2. The Labute approximate surface area is 197 Å². The van der Waals surface area contributed by atoms with Gasteiger partial charge in [-0.3, -0.25) is 9.69 Å². The Morgan fingerprint density at radius 2 is 2.09 bits per heavy atom. The van der Waals surface area contributed by atoms with Gasteiger partial charge < -0.3 is 10.1 Å². The van der Waals surface area contributed by atoms with Gasteiger partial charge in [0.2, 0.25) is 0 Å². The maximum Gasteiger partial charge on any atom is 0.303 e. The highest BCUT2D eigenvalue weighted by Crippen LogP contribution is 2.19. The molecule has 9 heteroatoms. The van der Waals surface area contributed by atoms with Crippen molar-refractivity contribution in [2.45, 2.75) is 44.6 Å². The molecule has 2 saturated heterocycles. The van der Waals surface area contributed by atoms with Crippen molar-refractivity contribution in [2.24, 2.45) is 0 Å². The highest BCUT2D eigenvalue weighted by atomic mass is 35.5. The Morgan fingerprint density at radius 3 is 2.82 bits per heavy atom. The van der Waals surface area contributed by atoms with Crippen molar-refractivity contribution in [3.8, 4) is 0 Å². The van der Waals surface area contributed by atoms with Crippen molar-refractivity contribution in [2.75, 3.05) is 25.0 Å². The second kappa shape index (κ2) is 11.6. The lowest BCUT2D eigenvalue weighted by Gasteiger charge is -2.21. The molecule has 2 atom stereocenters. The van der Waals surface area contributed by atoms with E-state index in [0.29, 0.717) is 24.4 Å². The number of carbonyl (C=O) groups is 1. The molecule has 0 saturated carbocycles. The van der Waals surface area contributed by atoms with E-state index in [2.05, 4.69) is 20.7 Å². The third kappa shape index (κ3) is 7.23. The van der Waals surface area contributed by atoms with E-state index in [9.17, 15) is 9.18 Å². The van der Waals surface area contributed by atoms with E-state index in [1.165, 1.54) is 11.8 Å². The molecule has 0 bridgehead atoms. The molecule has 2 aliphatic rings. The summed E-state index contributed by atoms with van der Waals surface area (Å²) in [6, 6.07) is 11.7. The molecule has 1 aromatic carbocycles. The number of nitrogens with one attached hydrogen (secondary N) is 2. The van der Waals surface area contributed by atoms with Gasteiger partial charge in [-0.2, -0.15) is 0 Å². The molecule has 1 aromatic heterocycles. The van der Waals surface area contributed by atoms with Crippen molar-refractivity contribution in [3.63, 3.8) is 0 Å². The van der Waals surface area contributed by atoms with E-state index in [4.69, 9.17) is 21.2 Å². The molecule has 2 aromatic rings. The first-order chi connectivity index (χ1) is 16.0. The minimum atomic E-state index is -0.957. The minimum Gasteiger partial charge on any atom is -0.366 e. The average Bonchev–Trinajstić information content (AvgIpc) is 3.27. The highest BCUT2D eigenvalue weighted by molar-refractivity contribution is 6.30. The molecule has 2 N–H and O–H groups in total. The summed E-state index contributed by atoms with van der Waals surface area (Å²) in [5.74, 6) is -1.19. The van der Waals surface area contributed by atoms with Crippen LogP contribution in [0.25, 0.3) is 6.08 Å². The second-order valence-electron chi connectivity index (χ2n) is 8.31. The Balaban J connectivity index is 1.23. The van der Waals surface area contributed by atoms with Crippen LogP contribution in [-0.2, 0) is 20.9 Å². The number of aromatic nitrogens is 1. The molecule has 0 spiro atoms. The largest absolute Gasteiger partial charge is 0.366 e. The van der Waals surface area contributed by atoms with E-state index in [-0.39, 0.29) is 6.04 Å². The lowest BCUT2D eigenvalue weighted by molar-refractivity contribution is -0.199. The molecule has 1 unspecified atom stereocenters. The predicted molar refractivity (Wildman–Crippen MR) is 125 cm³/mol. The fourth-order valence-corrected chi connectivity index (χ4v) is 4.04. The van der Waals surface area contributed by atoms with Crippen LogP contribution in [0.5, 0.6) is 0 Å². The number of hydroxylamine groups is 1. The smallest absolute Gasteiger partial charge is 0.303 e. The van der Waals surface area contributed by atoms with Gasteiger partial charge in [-0.1, -0.05) is 23.7 Å². The van der Waals surface area contributed by atoms with Gasteiger partial charge in [-0.05, 0) is 60.7 Å². The van der Waals surface area contributed by atoms with Crippen molar-refractivity contribution in [3.05, 3.63) is 64.6 Å². The monoisotopic (exact) mass is 474 g/mol. The molecule has 1 amide bonds. The Hall–Kier alpha value is -2.52. The number of pyridine rings is 1. The summed E-state index contributed by atoms with van der Waals surface area (Å²) >= 11 is 5.95. The van der Waals surface area contributed by atoms with Crippen LogP contribution in [0, 0.1) is 0 Å². The number of likely N-dealkylation sites (tertiary alicyclic amines) is 1. The van der Waals surface area contributed by atoms with Gasteiger partial charge in [0.1, 0.15) is 5.82 Å². The number of benzene rings is 1. The number of carbonyl (C=O) groups excluding carboxylic acids is 1. The molecule has 7 nitrogen and oxygen atoms in total. The quantitative estimate of drug-likeness (QED) is 0.438. The lowest BCUT2D eigenvalue weighted by Crippen LogP contribution is -2.33. The van der Waals surface area contributed by atoms with Crippen LogP contribution in [0.1, 0.15) is 36.8 Å². The van der Waals surface area contributed by atoms with Gasteiger partial charge in [-0.15, -0.1) is 0 Å². The Morgan fingerprint density at radius 1 is 1.24 bits per heavy atom. The fourth-order valence-electron chi connectivity index (χ4n) is 3.91. The van der Waals surface area contributed by atoms with Gasteiger partial charge in [0.05, 0.1) is 0 Å². The maximum atomic E-state index is 14.2. The van der Waals surface area contributed by atoms with Crippen molar-refractivity contribution in [1.82, 2.24) is 15.4 Å². The molecule has 176 valence electrons. The van der Waals surface area contributed by atoms with E-state index >= 15 is 0 Å². The van der Waals surface area contributed by atoms with Gasteiger partial charge in [0.15, 0.2) is 12.1 Å². The van der Waals surface area contributed by atoms with Crippen molar-refractivity contribution >= 4 is 29.4 Å². The first-order valence-corrected chi connectivity index (χ1v) is 11.6. The molecule has 4 rings (SSSR count). The summed E-state index contributed by atoms with van der Waals surface area (Å²) in [5.41, 5.74) is 3.82. The Bertz CT molecular complexity index is 949. The average molecular weight is 475 g/mol. The van der Waals surface area contributed by atoms with Crippen LogP contribution in [0.3, 0.4) is 0 Å². The molecular weight excluding hydrogens is 447 g/mol. The van der Waals surface area contributed by atoms with Crippen LogP contribution < -0.4 is 10.8 Å². The number of amides is 1. The molecule has 2 fully saturated rings. The van der Waals surface area contributed by atoms with Crippen LogP contribution in [0.4, 0.5) is 10.2 Å². The zero-order valence-electron chi connectivity index (χ0n) is 18.3. The first kappa shape index (κ1) is 23.6. The fraction of sp³-hybridized carbons (Fsp3) is 0.417. The number of ether oxygens (including phenoxy) is 1. The zero-order valence-corrected chi connectivity index (χ0v) is 19.1. The van der Waals surface area contributed by atoms with E-state index in [1.54, 1.807) is 12.1 Å². The molecule has 0 aliphatic carbocycles. The first-order valence-electron chi connectivity index (χ1n) is 11.2. The Kier molecular flexibility index (Phi) is 8.28. The molecular formula is C24H28ClFN4O3. The summed E-state index contributed by atoms with van der Waals surface area (Å²) in [6.45, 7) is 3.36. The summed E-state index contributed by atoms with van der Waals surface area (Å²) < 4.78 is 19.5. The zero-order chi connectivity index (χ0) is 23.0. The molecule has 2 aliphatic heterocycles. The van der Waals surface area contributed by atoms with E-state index in [1.807, 2.05) is 24.3 Å². The molecule has 33 heavy (non-hydrogen) atoms. The third-order valence-corrected chi connectivity index (χ3v) is 5.91. The van der Waals surface area contributed by atoms with Crippen LogP contribution >= 0.6 is 11.6 Å². The number of nitrogens with zero attached hydrogens (tertiary/aromatic N) is 2. The molecule has 3 heterocycles. The summed E-state index contributed by atoms with van der Waals surface area (Å²) in [7, 11) is 0. The van der Waals surface area contributed by atoms with Crippen LogP contribution in [0.2, 0.25) is 5.02 Å². The second-order valence-corrected chi connectivity index (χ2v) is 8.74. The van der Waals surface area contributed by atoms with E-state index in [0.717, 1.165) is 50.0 Å². The SMILES string of the molecule is O=C(NOC1CCCCO1)C(F)=Cc1ccc(N[C@@H]2CCN(Cc3ccc(Cl)cc3)C2)nc1. The standard InChI is InChI=1S/C24H28ClFN4O3/c25-19-7-4-17(5-8-19)15-30-11-10-20(16-30)28-22-9-6-18(14-27-22)13-21(26)24(31)29-33-23-3-1-2-12-32-23/h4-9,13-14,20,23H,1-3,10-12,15-16H2,(H,27,28)(H,29,31)/t20-,23?/m1/s1. The van der Waals surface area contributed by atoms with Crippen molar-refractivity contribution in [1.29, 1.82) is 0 Å². The van der Waals surface area contributed by atoms with Crippen LogP contribution in [-0.4, -0.2) is 47.8 Å². The van der Waals surface area contributed by atoms with Crippen molar-refractivity contribution < 1.29 is 18.8 Å². The number of hydrogen-bond acceptors (Lipinski definition) is 6. The number of anilines is 1. The lowest BCUT2D eigenvalue weighted by atomic mass is 10.2. The molecule has 0 radical (unpaired) electrons. The summed E-state index contributed by atoms with van der Waals surface area (Å²) in [4.78, 5) is 23.7. The number of rotatable bonds is 8. The third-order valence-electron chi connectivity index (χ3n) is 5.66. The van der Waals surface area contributed by atoms with E-state index < -0.39 is 18.0 Å². The topological polar surface area (TPSA) is 75.7 Å². The van der Waals surface area contributed by atoms with Gasteiger partial charge in [0.25, 0.3) is 0 Å². The van der Waals surface area contributed by atoms with Gasteiger partial charge >= 0.3 is 5.91 Å². The number of halogens is 2. The van der Waals surface area contributed by atoms with Gasteiger partial charge in [0, 0.05) is 49.9 Å². The normalized spacial score (nSPS) is 21.7.